The van der Waals surface area contributed by atoms with Crippen LogP contribution in [0.2, 0.25) is 0 Å². The molecule has 0 atom stereocenters. The third-order valence-corrected chi connectivity index (χ3v) is 4.84. The molecule has 2 aromatic rings. The molecule has 6 heteroatoms. The van der Waals surface area contributed by atoms with Gasteiger partial charge in [-0.05, 0) is 31.3 Å². The Kier molecular flexibility index (Phi) is 5.63. The molecule has 120 valence electrons. The second-order valence-electron chi connectivity index (χ2n) is 5.00. The number of fused-ring (bicyclic) bond motifs is 1. The van der Waals surface area contributed by atoms with Crippen LogP contribution in [0.25, 0.3) is 10.1 Å². The Labute approximate surface area is 135 Å². The van der Waals surface area contributed by atoms with Gasteiger partial charge in [0.1, 0.15) is 10.6 Å². The van der Waals surface area contributed by atoms with Gasteiger partial charge in [-0.15, -0.1) is 11.3 Å². The van der Waals surface area contributed by atoms with Gasteiger partial charge < -0.3 is 20.7 Å². The molecule has 5 nitrogen and oxygen atoms in total. The summed E-state index contributed by atoms with van der Waals surface area (Å²) in [6, 6.07) is 5.60. The first-order valence-corrected chi connectivity index (χ1v) is 8.28. The predicted octanol–water partition coefficient (Wildman–Crippen LogP) is 2.56. The highest BCUT2D eigenvalue weighted by molar-refractivity contribution is 7.21. The van der Waals surface area contributed by atoms with Crippen molar-refractivity contribution in [1.82, 2.24) is 10.2 Å². The number of nitrogens with two attached hydrogens (primary N) is 1. The fraction of sp³-hybridized carbons (Fsp3) is 0.438. The number of nitrogens with zero attached hydrogens (tertiary/aromatic N) is 1. The maximum Gasteiger partial charge on any atom is 0.265 e. The molecule has 1 amide bonds. The van der Waals surface area contributed by atoms with Gasteiger partial charge >= 0.3 is 0 Å². The predicted molar refractivity (Wildman–Crippen MR) is 92.9 cm³/mol. The van der Waals surface area contributed by atoms with Crippen molar-refractivity contribution in [3.63, 3.8) is 0 Å². The van der Waals surface area contributed by atoms with Crippen LogP contribution >= 0.6 is 11.3 Å². The zero-order chi connectivity index (χ0) is 16.1. The largest absolute Gasteiger partial charge is 0.494 e. The lowest BCUT2D eigenvalue weighted by atomic mass is 10.2. The van der Waals surface area contributed by atoms with Crippen LogP contribution in [0, 0.1) is 0 Å². The van der Waals surface area contributed by atoms with Crippen molar-refractivity contribution in [3.8, 4) is 5.75 Å². The summed E-state index contributed by atoms with van der Waals surface area (Å²) in [6.07, 6.45) is 0. The average Bonchev–Trinajstić information content (AvgIpc) is 2.89. The van der Waals surface area contributed by atoms with Gasteiger partial charge in [-0.3, -0.25) is 4.79 Å². The molecule has 0 aliphatic rings. The number of amides is 1. The molecule has 1 heterocycles. The second kappa shape index (κ2) is 7.47. The van der Waals surface area contributed by atoms with Gasteiger partial charge in [-0.2, -0.15) is 0 Å². The van der Waals surface area contributed by atoms with Crippen molar-refractivity contribution in [3.05, 3.63) is 23.1 Å². The van der Waals surface area contributed by atoms with Crippen molar-refractivity contribution >= 4 is 33.0 Å². The van der Waals surface area contributed by atoms with Crippen molar-refractivity contribution < 1.29 is 9.53 Å². The Morgan fingerprint density at radius 1 is 1.36 bits per heavy atom. The van der Waals surface area contributed by atoms with Gasteiger partial charge in [0.05, 0.1) is 7.11 Å². The minimum Gasteiger partial charge on any atom is -0.494 e. The molecule has 0 saturated carbocycles. The van der Waals surface area contributed by atoms with E-state index in [1.54, 1.807) is 7.11 Å². The highest BCUT2D eigenvalue weighted by atomic mass is 32.1. The summed E-state index contributed by atoms with van der Waals surface area (Å²) in [5.41, 5.74) is 6.48. The molecule has 1 aromatic carbocycles. The van der Waals surface area contributed by atoms with E-state index in [4.69, 9.17) is 10.5 Å². The van der Waals surface area contributed by atoms with E-state index in [0.717, 1.165) is 29.7 Å². The molecule has 0 fully saturated rings. The standard InChI is InChI=1S/C16H23N3O2S/c1-4-19(5-2)9-8-18-16(20)15-14(21-3)12-10-11(17)6-7-13(12)22-15/h6-7,10H,4-5,8-9,17H2,1-3H3,(H,18,20). The molecular formula is C16H23N3O2S. The SMILES string of the molecule is CCN(CC)CCNC(=O)c1sc2ccc(N)cc2c1OC. The summed E-state index contributed by atoms with van der Waals surface area (Å²) in [4.78, 5) is 15.3. The van der Waals surface area contributed by atoms with Gasteiger partial charge in [-0.1, -0.05) is 13.8 Å². The van der Waals surface area contributed by atoms with Crippen LogP contribution in [0.4, 0.5) is 5.69 Å². The summed E-state index contributed by atoms with van der Waals surface area (Å²) in [5, 5.41) is 3.86. The molecule has 0 aliphatic carbocycles. The third-order valence-electron chi connectivity index (χ3n) is 3.68. The molecule has 0 aliphatic heterocycles. The Balaban J connectivity index is 2.14. The maximum absolute atomic E-state index is 12.4. The van der Waals surface area contributed by atoms with E-state index in [9.17, 15) is 4.79 Å². The number of carbonyl (C=O) groups is 1. The Morgan fingerprint density at radius 2 is 2.09 bits per heavy atom. The maximum atomic E-state index is 12.4. The first-order valence-electron chi connectivity index (χ1n) is 7.47. The summed E-state index contributed by atoms with van der Waals surface area (Å²) >= 11 is 1.43. The number of likely N-dealkylation sites (N-methyl/N-ethyl adjacent to an activating group) is 1. The Bertz CT molecular complexity index is 650. The van der Waals surface area contributed by atoms with E-state index in [1.165, 1.54) is 11.3 Å². The van der Waals surface area contributed by atoms with Gasteiger partial charge in [0.25, 0.3) is 5.91 Å². The van der Waals surface area contributed by atoms with Crippen LogP contribution in [0.15, 0.2) is 18.2 Å². The zero-order valence-electron chi connectivity index (χ0n) is 13.3. The van der Waals surface area contributed by atoms with E-state index < -0.39 is 0 Å². The average molecular weight is 321 g/mol. The van der Waals surface area contributed by atoms with Gasteiger partial charge in [0, 0.05) is 28.9 Å². The quantitative estimate of drug-likeness (QED) is 0.769. The van der Waals surface area contributed by atoms with Crippen LogP contribution in [0.5, 0.6) is 5.75 Å². The second-order valence-corrected chi connectivity index (χ2v) is 6.06. The van der Waals surface area contributed by atoms with Gasteiger partial charge in [0.15, 0.2) is 0 Å². The molecule has 1 aromatic heterocycles. The summed E-state index contributed by atoms with van der Waals surface area (Å²) < 4.78 is 6.43. The van der Waals surface area contributed by atoms with Gasteiger partial charge in [-0.25, -0.2) is 0 Å². The molecule has 0 spiro atoms. The minimum absolute atomic E-state index is 0.0937. The smallest absolute Gasteiger partial charge is 0.265 e. The van der Waals surface area contributed by atoms with Crippen LogP contribution in [-0.2, 0) is 0 Å². The molecule has 0 unspecified atom stereocenters. The van der Waals surface area contributed by atoms with E-state index >= 15 is 0 Å². The number of ether oxygens (including phenoxy) is 1. The molecule has 0 radical (unpaired) electrons. The number of anilines is 1. The fourth-order valence-corrected chi connectivity index (χ4v) is 3.46. The molecule has 22 heavy (non-hydrogen) atoms. The van der Waals surface area contributed by atoms with Crippen molar-refractivity contribution in [2.24, 2.45) is 0 Å². The number of benzene rings is 1. The van der Waals surface area contributed by atoms with Crippen LogP contribution in [-0.4, -0.2) is 44.1 Å². The molecule has 2 rings (SSSR count). The number of nitrogens with one attached hydrogen (secondary N) is 1. The number of methoxy groups -OCH3 is 1. The number of hydrogen-bond acceptors (Lipinski definition) is 5. The normalized spacial score (nSPS) is 11.1. The van der Waals surface area contributed by atoms with Crippen molar-refractivity contribution in [2.45, 2.75) is 13.8 Å². The first kappa shape index (κ1) is 16.6. The molecular weight excluding hydrogens is 298 g/mol. The number of thiophene rings is 1. The van der Waals surface area contributed by atoms with Crippen molar-refractivity contribution in [2.75, 3.05) is 39.0 Å². The molecule has 3 N–H and O–H groups in total. The van der Waals surface area contributed by atoms with Crippen LogP contribution in [0.1, 0.15) is 23.5 Å². The summed E-state index contributed by atoms with van der Waals surface area (Å²) in [7, 11) is 1.58. The third kappa shape index (κ3) is 3.51. The van der Waals surface area contributed by atoms with Gasteiger partial charge in [0.2, 0.25) is 0 Å². The molecule has 0 bridgehead atoms. The fourth-order valence-electron chi connectivity index (χ4n) is 2.39. The van der Waals surface area contributed by atoms with E-state index in [2.05, 4.69) is 24.1 Å². The lowest BCUT2D eigenvalue weighted by Gasteiger charge is -2.17. The lowest BCUT2D eigenvalue weighted by molar-refractivity contribution is 0.0950. The number of nitrogen functional groups attached to an aromatic ring is 1. The highest BCUT2D eigenvalue weighted by Gasteiger charge is 2.19. The summed E-state index contributed by atoms with van der Waals surface area (Å²) in [6.45, 7) is 7.67. The number of carbonyl (C=O) groups excluding carboxylic acids is 1. The first-order chi connectivity index (χ1) is 10.6. The Morgan fingerprint density at radius 3 is 2.73 bits per heavy atom. The van der Waals surface area contributed by atoms with Crippen LogP contribution in [0.3, 0.4) is 0 Å². The summed E-state index contributed by atoms with van der Waals surface area (Å²) in [5.74, 6) is 0.511. The highest BCUT2D eigenvalue weighted by Crippen LogP contribution is 2.38. The zero-order valence-corrected chi connectivity index (χ0v) is 14.1. The molecule has 0 saturated heterocycles. The van der Waals surface area contributed by atoms with E-state index in [-0.39, 0.29) is 5.91 Å². The topological polar surface area (TPSA) is 67.6 Å². The van der Waals surface area contributed by atoms with E-state index in [0.29, 0.717) is 22.9 Å². The number of rotatable bonds is 7. The Hall–Kier alpha value is -1.79. The minimum atomic E-state index is -0.0937. The number of hydrogen-bond donors (Lipinski definition) is 2. The van der Waals surface area contributed by atoms with Crippen molar-refractivity contribution in [1.29, 1.82) is 0 Å². The lowest BCUT2D eigenvalue weighted by Crippen LogP contribution is -2.34. The van der Waals surface area contributed by atoms with Crippen LogP contribution < -0.4 is 15.8 Å². The van der Waals surface area contributed by atoms with E-state index in [1.807, 2.05) is 18.2 Å². The monoisotopic (exact) mass is 321 g/mol.